The summed E-state index contributed by atoms with van der Waals surface area (Å²) in [6.07, 6.45) is 7.22. The number of halogens is 1. The lowest BCUT2D eigenvalue weighted by molar-refractivity contribution is 0.333. The number of nitrogens with one attached hydrogen (secondary N) is 2. The summed E-state index contributed by atoms with van der Waals surface area (Å²) < 4.78 is 1.81. The monoisotopic (exact) mass is 394 g/mol. The number of imidazole rings is 1. The molecule has 2 N–H and O–H groups in total. The minimum absolute atomic E-state index is 0.0835. The van der Waals surface area contributed by atoms with Crippen LogP contribution in [0.3, 0.4) is 0 Å². The van der Waals surface area contributed by atoms with Gasteiger partial charge in [0, 0.05) is 34.9 Å². The van der Waals surface area contributed by atoms with Gasteiger partial charge in [-0.1, -0.05) is 11.6 Å². The molecule has 7 nitrogen and oxygen atoms in total. The quantitative estimate of drug-likeness (QED) is 0.549. The van der Waals surface area contributed by atoms with Gasteiger partial charge in [0.1, 0.15) is 0 Å². The maximum absolute atomic E-state index is 12.4. The molecule has 0 amide bonds. The summed E-state index contributed by atoms with van der Waals surface area (Å²) in [5, 5.41) is 5.06. The normalized spacial score (nSPS) is 19.9. The van der Waals surface area contributed by atoms with Crippen LogP contribution in [0.1, 0.15) is 31.7 Å². The number of nitrogens with zero attached hydrogens (tertiary/aromatic N) is 4. The predicted molar refractivity (Wildman–Crippen MR) is 110 cm³/mol. The number of anilines is 1. The topological polar surface area (TPSA) is 88.5 Å². The first-order valence-electron chi connectivity index (χ1n) is 9.41. The van der Waals surface area contributed by atoms with Crippen molar-refractivity contribution in [2.24, 2.45) is 0 Å². The molecule has 0 bridgehead atoms. The molecule has 3 aromatic heterocycles. The molecule has 1 saturated carbocycles. The molecule has 1 fully saturated rings. The average molecular weight is 395 g/mol. The Morgan fingerprint density at radius 3 is 2.86 bits per heavy atom. The van der Waals surface area contributed by atoms with Crippen molar-refractivity contribution in [3.05, 3.63) is 58.2 Å². The van der Waals surface area contributed by atoms with E-state index in [4.69, 9.17) is 11.6 Å². The van der Waals surface area contributed by atoms with E-state index in [1.54, 1.807) is 10.8 Å². The lowest BCUT2D eigenvalue weighted by Gasteiger charge is -2.29. The van der Waals surface area contributed by atoms with Crippen molar-refractivity contribution in [1.82, 2.24) is 24.5 Å². The smallest absolute Gasteiger partial charge is 0.327 e. The third-order valence-corrected chi connectivity index (χ3v) is 5.65. The van der Waals surface area contributed by atoms with Crippen LogP contribution >= 0.6 is 11.6 Å². The lowest BCUT2D eigenvalue weighted by atomic mass is 9.91. The van der Waals surface area contributed by atoms with E-state index in [1.807, 2.05) is 36.5 Å². The van der Waals surface area contributed by atoms with Crippen molar-refractivity contribution >= 4 is 39.6 Å². The highest BCUT2D eigenvalue weighted by Crippen LogP contribution is 2.30. The first-order chi connectivity index (χ1) is 13.7. The van der Waals surface area contributed by atoms with Crippen LogP contribution in [0.2, 0.25) is 5.02 Å². The molecule has 1 aromatic carbocycles. The molecule has 1 aliphatic carbocycles. The second kappa shape index (κ2) is 6.91. The van der Waals surface area contributed by atoms with E-state index in [1.165, 1.54) is 0 Å². The predicted octanol–water partition coefficient (Wildman–Crippen LogP) is 3.92. The Kier molecular flexibility index (Phi) is 4.24. The zero-order valence-electron chi connectivity index (χ0n) is 15.1. The number of fused-ring (bicyclic) bond motifs is 2. The fourth-order valence-corrected chi connectivity index (χ4v) is 4.19. The number of hydrogen-bond acceptors (Lipinski definition) is 5. The maximum Gasteiger partial charge on any atom is 0.327 e. The minimum Gasteiger partial charge on any atom is -0.351 e. The Labute approximate surface area is 165 Å². The minimum atomic E-state index is -0.0835. The number of pyridine rings is 1. The van der Waals surface area contributed by atoms with E-state index in [0.29, 0.717) is 11.0 Å². The van der Waals surface area contributed by atoms with Gasteiger partial charge in [0.05, 0.1) is 11.0 Å². The van der Waals surface area contributed by atoms with E-state index in [2.05, 4.69) is 25.3 Å². The van der Waals surface area contributed by atoms with E-state index in [0.717, 1.165) is 47.8 Å². The second-order valence-electron chi connectivity index (χ2n) is 7.22. The summed E-state index contributed by atoms with van der Waals surface area (Å²) in [4.78, 5) is 28.7. The largest absolute Gasteiger partial charge is 0.351 e. The fraction of sp³-hybridized carbons (Fsp3) is 0.300. The summed E-state index contributed by atoms with van der Waals surface area (Å²) in [7, 11) is 0. The van der Waals surface area contributed by atoms with Gasteiger partial charge in [0.2, 0.25) is 5.95 Å². The van der Waals surface area contributed by atoms with Crippen molar-refractivity contribution in [3.63, 3.8) is 0 Å². The van der Waals surface area contributed by atoms with Gasteiger partial charge in [-0.05, 0) is 56.0 Å². The van der Waals surface area contributed by atoms with E-state index in [9.17, 15) is 4.79 Å². The third-order valence-electron chi connectivity index (χ3n) is 5.42. The molecule has 28 heavy (non-hydrogen) atoms. The highest BCUT2D eigenvalue weighted by atomic mass is 35.5. The van der Waals surface area contributed by atoms with Crippen molar-refractivity contribution < 1.29 is 0 Å². The number of aromatic nitrogens is 5. The number of hydrogen-bond donors (Lipinski definition) is 2. The molecule has 0 spiro atoms. The summed E-state index contributed by atoms with van der Waals surface area (Å²) in [6.45, 7) is 0. The van der Waals surface area contributed by atoms with Crippen molar-refractivity contribution in [3.8, 4) is 0 Å². The molecule has 3 heterocycles. The Bertz CT molecular complexity index is 1210. The lowest BCUT2D eigenvalue weighted by Crippen LogP contribution is -2.31. The van der Waals surface area contributed by atoms with Gasteiger partial charge in [-0.15, -0.1) is 0 Å². The van der Waals surface area contributed by atoms with Crippen LogP contribution in [0, 0.1) is 0 Å². The van der Waals surface area contributed by atoms with Crippen LogP contribution in [0.4, 0.5) is 5.95 Å². The van der Waals surface area contributed by atoms with Gasteiger partial charge in [-0.3, -0.25) is 4.57 Å². The first-order valence-corrected chi connectivity index (χ1v) is 9.79. The number of aromatic amines is 1. The van der Waals surface area contributed by atoms with Gasteiger partial charge >= 0.3 is 5.69 Å². The zero-order chi connectivity index (χ0) is 19.1. The molecule has 4 aromatic rings. The van der Waals surface area contributed by atoms with E-state index < -0.39 is 0 Å². The van der Waals surface area contributed by atoms with Crippen LogP contribution in [-0.4, -0.2) is 30.5 Å². The average Bonchev–Trinajstić information content (AvgIpc) is 3.04. The zero-order valence-corrected chi connectivity index (χ0v) is 15.9. The molecule has 0 unspecified atom stereocenters. The summed E-state index contributed by atoms with van der Waals surface area (Å²) in [5.74, 6) is 0.615. The van der Waals surface area contributed by atoms with E-state index in [-0.39, 0.29) is 17.8 Å². The Balaban J connectivity index is 1.31. The molecular formula is C20H19ClN6O. The molecule has 0 saturated heterocycles. The summed E-state index contributed by atoms with van der Waals surface area (Å²) in [5.41, 5.74) is 2.27. The Hall–Kier alpha value is -2.93. The highest BCUT2D eigenvalue weighted by Gasteiger charge is 2.25. The molecule has 142 valence electrons. The van der Waals surface area contributed by atoms with Crippen LogP contribution in [-0.2, 0) is 0 Å². The van der Waals surface area contributed by atoms with Gasteiger partial charge in [0.15, 0.2) is 5.65 Å². The van der Waals surface area contributed by atoms with Crippen LogP contribution in [0.25, 0.3) is 22.1 Å². The number of H-pyrrole nitrogens is 1. The summed E-state index contributed by atoms with van der Waals surface area (Å²) >= 11 is 6.07. The molecule has 0 atom stereocenters. The molecule has 5 rings (SSSR count). The molecule has 0 radical (unpaired) electrons. The highest BCUT2D eigenvalue weighted by molar-refractivity contribution is 6.31. The second-order valence-corrected chi connectivity index (χ2v) is 7.66. The fourth-order valence-electron chi connectivity index (χ4n) is 4.02. The van der Waals surface area contributed by atoms with Crippen molar-refractivity contribution in [2.45, 2.75) is 37.8 Å². The van der Waals surface area contributed by atoms with Gasteiger partial charge in [0.25, 0.3) is 0 Å². The van der Waals surface area contributed by atoms with Crippen molar-refractivity contribution in [2.75, 3.05) is 5.32 Å². The standard InChI is InChI=1S/C20H19ClN6O/c21-13-4-3-12-11-23-19(25-17(12)10-13)24-14-5-7-15(8-6-14)27-18-16(26-20(27)28)2-1-9-22-18/h1-4,9-11,14-15H,5-8H2,(H,26,28)(H,23,24,25)/t14-,15-. The SMILES string of the molecule is O=c1[nH]c2cccnc2n1[C@H]1CC[C@H](Nc2ncc3ccc(Cl)cc3n2)CC1. The van der Waals surface area contributed by atoms with Crippen LogP contribution < -0.4 is 11.0 Å². The molecule has 0 aliphatic heterocycles. The molecule has 1 aliphatic rings. The van der Waals surface area contributed by atoms with E-state index >= 15 is 0 Å². The number of benzene rings is 1. The third kappa shape index (κ3) is 3.11. The van der Waals surface area contributed by atoms with Crippen LogP contribution in [0.5, 0.6) is 0 Å². The van der Waals surface area contributed by atoms with Gasteiger partial charge in [-0.25, -0.2) is 19.7 Å². The van der Waals surface area contributed by atoms with Gasteiger partial charge < -0.3 is 10.3 Å². The Morgan fingerprint density at radius 1 is 1.14 bits per heavy atom. The Morgan fingerprint density at radius 2 is 2.00 bits per heavy atom. The van der Waals surface area contributed by atoms with Crippen LogP contribution in [0.15, 0.2) is 47.5 Å². The van der Waals surface area contributed by atoms with Gasteiger partial charge in [-0.2, -0.15) is 0 Å². The first kappa shape index (κ1) is 17.2. The maximum atomic E-state index is 12.4. The molecule has 8 heteroatoms. The number of rotatable bonds is 3. The van der Waals surface area contributed by atoms with Crippen molar-refractivity contribution in [1.29, 1.82) is 0 Å². The molecular weight excluding hydrogens is 376 g/mol. The summed E-state index contributed by atoms with van der Waals surface area (Å²) in [6, 6.07) is 9.75.